The molecule has 1 atom stereocenters. The van der Waals surface area contributed by atoms with E-state index >= 15 is 0 Å². The van der Waals surface area contributed by atoms with E-state index in [2.05, 4.69) is 16.7 Å². The molecule has 2 aliphatic rings. The number of amides is 1. The zero-order valence-corrected chi connectivity index (χ0v) is 11.2. The molecule has 1 aromatic carbocycles. The molecule has 2 N–H and O–H groups in total. The van der Waals surface area contributed by atoms with Gasteiger partial charge in [-0.15, -0.1) is 0 Å². The average Bonchev–Trinajstić information content (AvgIpc) is 3.25. The van der Waals surface area contributed by atoms with Crippen molar-refractivity contribution in [3.05, 3.63) is 29.3 Å². The lowest BCUT2D eigenvalue weighted by atomic mass is 9.98. The van der Waals surface area contributed by atoms with E-state index in [1.165, 1.54) is 18.4 Å². The van der Waals surface area contributed by atoms with Crippen LogP contribution >= 0.6 is 0 Å². The second-order valence-corrected chi connectivity index (χ2v) is 5.38. The molecule has 1 aliphatic heterocycles. The highest BCUT2D eigenvalue weighted by atomic mass is 16.5. The van der Waals surface area contributed by atoms with Gasteiger partial charge in [0.1, 0.15) is 12.4 Å². The van der Waals surface area contributed by atoms with Crippen LogP contribution in [-0.4, -0.2) is 26.1 Å². The number of rotatable bonds is 4. The zero-order valence-electron chi connectivity index (χ0n) is 11.2. The van der Waals surface area contributed by atoms with Crippen molar-refractivity contribution >= 4 is 5.91 Å². The first-order chi connectivity index (χ1) is 9.28. The Morgan fingerprint density at radius 2 is 2.32 bits per heavy atom. The van der Waals surface area contributed by atoms with Crippen molar-refractivity contribution < 1.29 is 9.53 Å². The molecule has 1 aliphatic carbocycles. The molecule has 4 nitrogen and oxygen atoms in total. The van der Waals surface area contributed by atoms with Gasteiger partial charge in [0.15, 0.2) is 0 Å². The van der Waals surface area contributed by atoms with Gasteiger partial charge in [0.05, 0.1) is 12.1 Å². The Balaban J connectivity index is 1.87. The molecule has 0 spiro atoms. The Morgan fingerprint density at radius 1 is 1.47 bits per heavy atom. The van der Waals surface area contributed by atoms with Crippen molar-refractivity contribution in [3.8, 4) is 5.75 Å². The molecule has 1 amide bonds. The van der Waals surface area contributed by atoms with Gasteiger partial charge in [0.2, 0.25) is 0 Å². The highest BCUT2D eigenvalue weighted by Crippen LogP contribution is 2.38. The quantitative estimate of drug-likeness (QED) is 0.869. The van der Waals surface area contributed by atoms with Crippen LogP contribution in [-0.2, 0) is 0 Å². The van der Waals surface area contributed by atoms with Gasteiger partial charge >= 0.3 is 0 Å². The Bertz CT molecular complexity index is 483. The topological polar surface area (TPSA) is 50.4 Å². The standard InChI is InChI=1S/C15H20N2O2/c1-16-13(8-10-2-3-10)11-4-5-14-12(9-11)15(18)17-6-7-19-14/h4-5,9-10,13,16H,2-3,6-8H2,1H3,(H,17,18). The van der Waals surface area contributed by atoms with E-state index in [1.807, 2.05) is 19.2 Å². The second-order valence-electron chi connectivity index (χ2n) is 5.38. The summed E-state index contributed by atoms with van der Waals surface area (Å²) in [7, 11) is 1.98. The molecule has 0 radical (unpaired) electrons. The SMILES string of the molecule is CNC(CC1CC1)c1ccc2c(c1)C(=O)NCCO2. The lowest BCUT2D eigenvalue weighted by Gasteiger charge is -2.18. The Morgan fingerprint density at radius 3 is 3.05 bits per heavy atom. The highest BCUT2D eigenvalue weighted by Gasteiger charge is 2.26. The summed E-state index contributed by atoms with van der Waals surface area (Å²) in [5.41, 5.74) is 1.83. The van der Waals surface area contributed by atoms with E-state index in [1.54, 1.807) is 0 Å². The monoisotopic (exact) mass is 260 g/mol. The number of carbonyl (C=O) groups is 1. The molecular weight excluding hydrogens is 240 g/mol. The fourth-order valence-corrected chi connectivity index (χ4v) is 2.60. The van der Waals surface area contributed by atoms with Crippen molar-refractivity contribution in [3.63, 3.8) is 0 Å². The highest BCUT2D eigenvalue weighted by molar-refractivity contribution is 5.97. The largest absolute Gasteiger partial charge is 0.491 e. The van der Waals surface area contributed by atoms with Crippen LogP contribution in [0.1, 0.15) is 41.2 Å². The normalized spacial score (nSPS) is 19.9. The maximum atomic E-state index is 12.0. The van der Waals surface area contributed by atoms with Gasteiger partial charge in [-0.1, -0.05) is 18.9 Å². The van der Waals surface area contributed by atoms with E-state index in [9.17, 15) is 4.79 Å². The van der Waals surface area contributed by atoms with Gasteiger partial charge in [-0.3, -0.25) is 4.79 Å². The van der Waals surface area contributed by atoms with Crippen LogP contribution < -0.4 is 15.4 Å². The predicted molar refractivity (Wildman–Crippen MR) is 73.4 cm³/mol. The summed E-state index contributed by atoms with van der Waals surface area (Å²) in [6, 6.07) is 6.29. The van der Waals surface area contributed by atoms with E-state index in [4.69, 9.17) is 4.74 Å². The number of carbonyl (C=O) groups excluding carboxylic acids is 1. The first-order valence-electron chi connectivity index (χ1n) is 7.00. The molecule has 1 heterocycles. The number of hydrogen-bond donors (Lipinski definition) is 2. The summed E-state index contributed by atoms with van der Waals surface area (Å²) in [5, 5.41) is 6.21. The molecule has 0 saturated heterocycles. The molecule has 4 heteroatoms. The smallest absolute Gasteiger partial charge is 0.255 e. The summed E-state index contributed by atoms with van der Waals surface area (Å²) in [6.07, 6.45) is 3.83. The van der Waals surface area contributed by atoms with E-state index < -0.39 is 0 Å². The number of nitrogens with one attached hydrogen (secondary N) is 2. The summed E-state index contributed by atoms with van der Waals surface area (Å²) < 4.78 is 5.58. The van der Waals surface area contributed by atoms with Crippen molar-refractivity contribution in [1.82, 2.24) is 10.6 Å². The van der Waals surface area contributed by atoms with Crippen molar-refractivity contribution in [1.29, 1.82) is 0 Å². The fraction of sp³-hybridized carbons (Fsp3) is 0.533. The van der Waals surface area contributed by atoms with E-state index in [0.717, 1.165) is 12.3 Å². The van der Waals surface area contributed by atoms with Crippen LogP contribution in [0.3, 0.4) is 0 Å². The van der Waals surface area contributed by atoms with E-state index in [-0.39, 0.29) is 5.91 Å². The average molecular weight is 260 g/mol. The molecular formula is C15H20N2O2. The van der Waals surface area contributed by atoms with Crippen LogP contribution in [0.4, 0.5) is 0 Å². The molecule has 0 aromatic heterocycles. The third-order valence-corrected chi connectivity index (χ3v) is 3.91. The third kappa shape index (κ3) is 2.73. The number of fused-ring (bicyclic) bond motifs is 1. The molecule has 102 valence electrons. The molecule has 1 saturated carbocycles. The minimum atomic E-state index is -0.0318. The molecule has 1 unspecified atom stereocenters. The number of hydrogen-bond acceptors (Lipinski definition) is 3. The Hall–Kier alpha value is -1.55. The Labute approximate surface area is 113 Å². The summed E-state index contributed by atoms with van der Waals surface area (Å²) >= 11 is 0. The van der Waals surface area contributed by atoms with Crippen LogP contribution in [0, 0.1) is 5.92 Å². The zero-order chi connectivity index (χ0) is 13.2. The molecule has 0 bridgehead atoms. The first kappa shape index (κ1) is 12.5. The minimum absolute atomic E-state index is 0.0318. The summed E-state index contributed by atoms with van der Waals surface area (Å²) in [6.45, 7) is 1.11. The van der Waals surface area contributed by atoms with Crippen molar-refractivity contribution in [2.75, 3.05) is 20.2 Å². The van der Waals surface area contributed by atoms with Crippen molar-refractivity contribution in [2.45, 2.75) is 25.3 Å². The summed E-state index contributed by atoms with van der Waals surface area (Å²) in [4.78, 5) is 12.0. The first-order valence-corrected chi connectivity index (χ1v) is 7.00. The predicted octanol–water partition coefficient (Wildman–Crippen LogP) is 1.87. The van der Waals surface area contributed by atoms with Gasteiger partial charge in [0, 0.05) is 6.04 Å². The van der Waals surface area contributed by atoms with Gasteiger partial charge in [0.25, 0.3) is 5.91 Å². The Kier molecular flexibility index (Phi) is 3.42. The van der Waals surface area contributed by atoms with Crippen LogP contribution in [0.5, 0.6) is 5.75 Å². The fourth-order valence-electron chi connectivity index (χ4n) is 2.60. The maximum absolute atomic E-state index is 12.0. The van der Waals surface area contributed by atoms with Crippen LogP contribution in [0.15, 0.2) is 18.2 Å². The molecule has 1 aromatic rings. The van der Waals surface area contributed by atoms with Crippen molar-refractivity contribution in [2.24, 2.45) is 5.92 Å². The van der Waals surface area contributed by atoms with Gasteiger partial charge in [-0.05, 0) is 37.1 Å². The van der Waals surface area contributed by atoms with Crippen LogP contribution in [0.25, 0.3) is 0 Å². The number of ether oxygens (including phenoxy) is 1. The lowest BCUT2D eigenvalue weighted by Crippen LogP contribution is -2.24. The summed E-state index contributed by atoms with van der Waals surface area (Å²) in [5.74, 6) is 1.51. The second kappa shape index (κ2) is 5.21. The molecule has 1 fully saturated rings. The van der Waals surface area contributed by atoms with E-state index in [0.29, 0.717) is 30.5 Å². The maximum Gasteiger partial charge on any atom is 0.255 e. The van der Waals surface area contributed by atoms with Gasteiger partial charge in [-0.25, -0.2) is 0 Å². The lowest BCUT2D eigenvalue weighted by molar-refractivity contribution is 0.0957. The van der Waals surface area contributed by atoms with Gasteiger partial charge in [-0.2, -0.15) is 0 Å². The molecule has 3 rings (SSSR count). The molecule has 19 heavy (non-hydrogen) atoms. The third-order valence-electron chi connectivity index (χ3n) is 3.91. The van der Waals surface area contributed by atoms with Crippen LogP contribution in [0.2, 0.25) is 0 Å². The van der Waals surface area contributed by atoms with Gasteiger partial charge < -0.3 is 15.4 Å². The number of benzene rings is 1. The minimum Gasteiger partial charge on any atom is -0.491 e.